The summed E-state index contributed by atoms with van der Waals surface area (Å²) in [6, 6.07) is 0. The molecular formula is C18H36O6. The zero-order valence-electron chi connectivity index (χ0n) is 15.9. The molecule has 0 radical (unpaired) electrons. The number of hydrogen-bond acceptors (Lipinski definition) is 6. The fourth-order valence-corrected chi connectivity index (χ4v) is 1.28. The van der Waals surface area contributed by atoms with E-state index in [1.807, 2.05) is 27.7 Å². The van der Waals surface area contributed by atoms with Gasteiger partial charge in [0.15, 0.2) is 0 Å². The van der Waals surface area contributed by atoms with Gasteiger partial charge in [-0.2, -0.15) is 0 Å². The van der Waals surface area contributed by atoms with E-state index in [2.05, 4.69) is 0 Å². The summed E-state index contributed by atoms with van der Waals surface area (Å²) < 4.78 is 19.1. The Labute approximate surface area is 147 Å². The van der Waals surface area contributed by atoms with Gasteiger partial charge in [-0.1, -0.05) is 53.4 Å². The first kappa shape index (κ1) is 24.8. The molecule has 0 aliphatic carbocycles. The standard InChI is InChI=1S/2C9H18O3/c2*1-3-5-7-11-9(10)12-8-6-4-2/h2*3-8H2,1-2H3. The minimum atomic E-state index is -0.531. The van der Waals surface area contributed by atoms with Crippen LogP contribution in [-0.4, -0.2) is 38.7 Å². The van der Waals surface area contributed by atoms with Crippen molar-refractivity contribution >= 4 is 12.3 Å². The minimum absolute atomic E-state index is 0.474. The number of hydrogen-bond donors (Lipinski definition) is 0. The van der Waals surface area contributed by atoms with Crippen molar-refractivity contribution < 1.29 is 28.5 Å². The van der Waals surface area contributed by atoms with Crippen LogP contribution >= 0.6 is 0 Å². The first-order chi connectivity index (χ1) is 11.6. The third-order valence-corrected chi connectivity index (χ3v) is 2.87. The predicted octanol–water partition coefficient (Wildman–Crippen LogP) is 5.48. The highest BCUT2D eigenvalue weighted by atomic mass is 16.7. The smallest absolute Gasteiger partial charge is 0.434 e. The van der Waals surface area contributed by atoms with Crippen molar-refractivity contribution in [2.45, 2.75) is 79.1 Å². The highest BCUT2D eigenvalue weighted by molar-refractivity contribution is 5.60. The molecule has 0 amide bonds. The van der Waals surface area contributed by atoms with Crippen molar-refractivity contribution in [3.63, 3.8) is 0 Å². The van der Waals surface area contributed by atoms with Gasteiger partial charge in [-0.3, -0.25) is 0 Å². The monoisotopic (exact) mass is 348 g/mol. The molecule has 0 bridgehead atoms. The van der Waals surface area contributed by atoms with E-state index in [1.165, 1.54) is 0 Å². The summed E-state index contributed by atoms with van der Waals surface area (Å²) in [5.74, 6) is 0. The van der Waals surface area contributed by atoms with Gasteiger partial charge >= 0.3 is 12.3 Å². The zero-order valence-corrected chi connectivity index (χ0v) is 15.9. The average molecular weight is 348 g/mol. The van der Waals surface area contributed by atoms with E-state index in [0.29, 0.717) is 26.4 Å². The Kier molecular flexibility index (Phi) is 22.2. The lowest BCUT2D eigenvalue weighted by Crippen LogP contribution is -2.09. The molecule has 6 nitrogen and oxygen atoms in total. The lowest BCUT2D eigenvalue weighted by Gasteiger charge is -2.04. The highest BCUT2D eigenvalue weighted by Crippen LogP contribution is 1.95. The van der Waals surface area contributed by atoms with Gasteiger partial charge in [-0.25, -0.2) is 9.59 Å². The van der Waals surface area contributed by atoms with Crippen molar-refractivity contribution in [2.24, 2.45) is 0 Å². The van der Waals surface area contributed by atoms with Crippen molar-refractivity contribution in [2.75, 3.05) is 26.4 Å². The maximum absolute atomic E-state index is 10.7. The van der Waals surface area contributed by atoms with Crippen LogP contribution in [0.25, 0.3) is 0 Å². The third-order valence-electron chi connectivity index (χ3n) is 2.87. The average Bonchev–Trinajstić information content (AvgIpc) is 2.56. The van der Waals surface area contributed by atoms with Gasteiger partial charge in [0.05, 0.1) is 26.4 Å². The van der Waals surface area contributed by atoms with Crippen LogP contribution in [0.3, 0.4) is 0 Å². The molecule has 0 N–H and O–H groups in total. The Bertz CT molecular complexity index is 229. The summed E-state index contributed by atoms with van der Waals surface area (Å²) in [5.41, 5.74) is 0. The van der Waals surface area contributed by atoms with Crippen molar-refractivity contribution in [1.29, 1.82) is 0 Å². The van der Waals surface area contributed by atoms with E-state index in [0.717, 1.165) is 51.4 Å². The van der Waals surface area contributed by atoms with Crippen molar-refractivity contribution in [3.05, 3.63) is 0 Å². The number of carbonyl (C=O) groups is 2. The lowest BCUT2D eigenvalue weighted by atomic mass is 10.4. The second-order valence-corrected chi connectivity index (χ2v) is 5.31. The minimum Gasteiger partial charge on any atom is -0.434 e. The molecule has 0 saturated carbocycles. The van der Waals surface area contributed by atoms with Crippen molar-refractivity contribution in [3.8, 4) is 0 Å². The molecule has 0 aromatic heterocycles. The molecule has 0 spiro atoms. The van der Waals surface area contributed by atoms with Crippen LogP contribution in [0, 0.1) is 0 Å². The Hall–Kier alpha value is -1.46. The SMILES string of the molecule is CCCCOC(=O)OCCCC.CCCCOC(=O)OCCCC. The van der Waals surface area contributed by atoms with E-state index >= 15 is 0 Å². The lowest BCUT2D eigenvalue weighted by molar-refractivity contribution is 0.0526. The van der Waals surface area contributed by atoms with Gasteiger partial charge in [-0.05, 0) is 25.7 Å². The number of rotatable bonds is 12. The first-order valence-corrected chi connectivity index (χ1v) is 9.21. The van der Waals surface area contributed by atoms with Gasteiger partial charge in [-0.15, -0.1) is 0 Å². The van der Waals surface area contributed by atoms with Crippen LogP contribution < -0.4 is 0 Å². The van der Waals surface area contributed by atoms with E-state index < -0.39 is 12.3 Å². The summed E-state index contributed by atoms with van der Waals surface area (Å²) in [4.78, 5) is 21.5. The molecule has 0 aliphatic rings. The molecule has 0 fully saturated rings. The van der Waals surface area contributed by atoms with E-state index in [4.69, 9.17) is 18.9 Å². The van der Waals surface area contributed by atoms with Gasteiger partial charge in [0.2, 0.25) is 0 Å². The second-order valence-electron chi connectivity index (χ2n) is 5.31. The number of carbonyl (C=O) groups excluding carboxylic acids is 2. The molecule has 0 aromatic carbocycles. The van der Waals surface area contributed by atoms with Crippen LogP contribution in [0.15, 0.2) is 0 Å². The van der Waals surface area contributed by atoms with Crippen LogP contribution in [0.4, 0.5) is 9.59 Å². The van der Waals surface area contributed by atoms with Crippen LogP contribution in [0.2, 0.25) is 0 Å². The predicted molar refractivity (Wildman–Crippen MR) is 94.2 cm³/mol. The summed E-state index contributed by atoms with van der Waals surface area (Å²) in [7, 11) is 0. The van der Waals surface area contributed by atoms with Gasteiger partial charge in [0, 0.05) is 0 Å². The molecule has 0 atom stereocenters. The quantitative estimate of drug-likeness (QED) is 0.343. The second kappa shape index (κ2) is 21.5. The Morgan fingerprint density at radius 2 is 0.708 bits per heavy atom. The molecular weight excluding hydrogens is 312 g/mol. The van der Waals surface area contributed by atoms with Crippen LogP contribution in [0.1, 0.15) is 79.1 Å². The maximum Gasteiger partial charge on any atom is 0.508 e. The summed E-state index contributed by atoms with van der Waals surface area (Å²) in [5, 5.41) is 0. The largest absolute Gasteiger partial charge is 0.508 e. The molecule has 24 heavy (non-hydrogen) atoms. The third kappa shape index (κ3) is 22.8. The zero-order chi connectivity index (χ0) is 18.5. The van der Waals surface area contributed by atoms with Gasteiger partial charge in [0.25, 0.3) is 0 Å². The van der Waals surface area contributed by atoms with Gasteiger partial charge < -0.3 is 18.9 Å². The first-order valence-electron chi connectivity index (χ1n) is 9.21. The van der Waals surface area contributed by atoms with E-state index in [-0.39, 0.29) is 0 Å². The molecule has 144 valence electrons. The Morgan fingerprint density at radius 3 is 0.875 bits per heavy atom. The van der Waals surface area contributed by atoms with E-state index in [1.54, 1.807) is 0 Å². The van der Waals surface area contributed by atoms with Gasteiger partial charge in [0.1, 0.15) is 0 Å². The van der Waals surface area contributed by atoms with Crippen LogP contribution in [-0.2, 0) is 18.9 Å². The molecule has 6 heteroatoms. The molecule has 0 heterocycles. The van der Waals surface area contributed by atoms with E-state index in [9.17, 15) is 9.59 Å². The molecule has 0 unspecified atom stereocenters. The number of unbranched alkanes of at least 4 members (excludes halogenated alkanes) is 4. The summed E-state index contributed by atoms with van der Waals surface area (Å²) >= 11 is 0. The molecule has 0 aromatic rings. The fraction of sp³-hybridized carbons (Fsp3) is 0.889. The Morgan fingerprint density at radius 1 is 0.500 bits per heavy atom. The van der Waals surface area contributed by atoms with Crippen LogP contribution in [0.5, 0.6) is 0 Å². The van der Waals surface area contributed by atoms with Crippen molar-refractivity contribution in [1.82, 2.24) is 0 Å². The summed E-state index contributed by atoms with van der Waals surface area (Å²) in [6.45, 7) is 10.1. The molecule has 0 aliphatic heterocycles. The molecule has 0 rings (SSSR count). The maximum atomic E-state index is 10.7. The fourth-order valence-electron chi connectivity index (χ4n) is 1.28. The highest BCUT2D eigenvalue weighted by Gasteiger charge is 2.01. The number of ether oxygens (including phenoxy) is 4. The Balaban J connectivity index is 0. The normalized spacial score (nSPS) is 9.50. The summed E-state index contributed by atoms with van der Waals surface area (Å²) in [6.07, 6.45) is 6.68. The molecule has 0 saturated heterocycles. The topological polar surface area (TPSA) is 71.1 Å².